The number of aryl methyl sites for hydroxylation is 2. The van der Waals surface area contributed by atoms with E-state index in [-0.39, 0.29) is 0 Å². The molecule has 0 heterocycles. The third-order valence-electron chi connectivity index (χ3n) is 2.74. The van der Waals surface area contributed by atoms with Crippen LogP contribution in [-0.2, 0) is 6.42 Å². The zero-order valence-corrected chi connectivity index (χ0v) is 11.0. The van der Waals surface area contributed by atoms with Crippen molar-refractivity contribution in [2.45, 2.75) is 53.9 Å². The maximum absolute atomic E-state index is 2.33. The Bertz CT molecular complexity index is 233. The predicted molar refractivity (Wildman–Crippen MR) is 70.3 cm³/mol. The van der Waals surface area contributed by atoms with Crippen LogP contribution in [0.2, 0.25) is 0 Å². The van der Waals surface area contributed by atoms with Crippen LogP contribution < -0.4 is 0 Å². The molecule has 1 atom stereocenters. The van der Waals surface area contributed by atoms with Crippen LogP contribution in [0.3, 0.4) is 0 Å². The van der Waals surface area contributed by atoms with Gasteiger partial charge in [0.1, 0.15) is 0 Å². The average molecular weight is 206 g/mol. The first-order chi connectivity index (χ1) is 7.22. The molecule has 0 aromatic heterocycles. The van der Waals surface area contributed by atoms with E-state index in [1.165, 1.54) is 30.4 Å². The van der Waals surface area contributed by atoms with Gasteiger partial charge in [-0.05, 0) is 31.2 Å². The second-order valence-electron chi connectivity index (χ2n) is 4.04. The van der Waals surface area contributed by atoms with E-state index in [1.807, 2.05) is 13.8 Å². The molecule has 0 saturated carbocycles. The molecule has 86 valence electrons. The van der Waals surface area contributed by atoms with Gasteiger partial charge in [-0.25, -0.2) is 0 Å². The summed E-state index contributed by atoms with van der Waals surface area (Å²) in [5.74, 6) is 0.862. The van der Waals surface area contributed by atoms with E-state index in [0.717, 1.165) is 5.92 Å². The largest absolute Gasteiger partial charge is 0.0683 e. The Morgan fingerprint density at radius 3 is 2.07 bits per heavy atom. The molecule has 1 aromatic carbocycles. The summed E-state index contributed by atoms with van der Waals surface area (Å²) in [6.45, 7) is 10.7. The molecule has 0 nitrogen and oxygen atoms in total. The van der Waals surface area contributed by atoms with Crippen LogP contribution in [0.25, 0.3) is 0 Å². The van der Waals surface area contributed by atoms with Gasteiger partial charge in [0.25, 0.3) is 0 Å². The highest BCUT2D eigenvalue weighted by molar-refractivity contribution is 5.21. The van der Waals surface area contributed by atoms with Crippen LogP contribution in [0.1, 0.15) is 51.7 Å². The lowest BCUT2D eigenvalue weighted by Crippen LogP contribution is -1.95. The van der Waals surface area contributed by atoms with Gasteiger partial charge in [0.05, 0.1) is 0 Å². The number of benzene rings is 1. The topological polar surface area (TPSA) is 0 Å². The monoisotopic (exact) mass is 206 g/mol. The summed E-state index contributed by atoms with van der Waals surface area (Å²) < 4.78 is 0. The molecule has 0 heteroatoms. The van der Waals surface area contributed by atoms with E-state index < -0.39 is 0 Å². The van der Waals surface area contributed by atoms with Crippen molar-refractivity contribution in [3.8, 4) is 0 Å². The summed E-state index contributed by atoms with van der Waals surface area (Å²) in [6.07, 6.45) is 3.85. The lowest BCUT2D eigenvalue weighted by molar-refractivity contribution is 0.516. The van der Waals surface area contributed by atoms with Gasteiger partial charge in [-0.1, -0.05) is 63.9 Å². The standard InChI is InChI=1S/C13H20.C2H6/c1-4-11(2)5-8-13-9-6-12(3)7-10-13;1-2/h6-7,9-11H,4-5,8H2,1-3H3;1-2H3. The molecule has 0 fully saturated rings. The lowest BCUT2D eigenvalue weighted by Gasteiger charge is -2.07. The van der Waals surface area contributed by atoms with E-state index in [2.05, 4.69) is 45.0 Å². The van der Waals surface area contributed by atoms with Crippen LogP contribution in [-0.4, -0.2) is 0 Å². The molecule has 0 bridgehead atoms. The van der Waals surface area contributed by atoms with Crippen molar-refractivity contribution in [1.82, 2.24) is 0 Å². The van der Waals surface area contributed by atoms with Gasteiger partial charge in [0, 0.05) is 0 Å². The Kier molecular flexibility index (Phi) is 8.08. The number of hydrogen-bond acceptors (Lipinski definition) is 0. The predicted octanol–water partition coefficient (Wildman–Crippen LogP) is 5.00. The molecule has 0 N–H and O–H groups in total. The third kappa shape index (κ3) is 6.33. The molecule has 15 heavy (non-hydrogen) atoms. The minimum atomic E-state index is 0.862. The molecule has 0 aliphatic carbocycles. The average Bonchev–Trinajstić information content (AvgIpc) is 2.30. The van der Waals surface area contributed by atoms with Crippen LogP contribution in [0, 0.1) is 12.8 Å². The van der Waals surface area contributed by atoms with Gasteiger partial charge in [0.15, 0.2) is 0 Å². The second-order valence-corrected chi connectivity index (χ2v) is 4.04. The fourth-order valence-corrected chi connectivity index (χ4v) is 1.37. The van der Waals surface area contributed by atoms with Gasteiger partial charge in [-0.3, -0.25) is 0 Å². The smallest absolute Gasteiger partial charge is 0.0276 e. The van der Waals surface area contributed by atoms with Crippen molar-refractivity contribution in [3.63, 3.8) is 0 Å². The number of rotatable bonds is 4. The van der Waals surface area contributed by atoms with Crippen molar-refractivity contribution >= 4 is 0 Å². The third-order valence-corrected chi connectivity index (χ3v) is 2.74. The summed E-state index contributed by atoms with van der Waals surface area (Å²) in [7, 11) is 0. The second kappa shape index (κ2) is 8.52. The fraction of sp³-hybridized carbons (Fsp3) is 0.600. The Labute approximate surface area is 95.7 Å². The molecule has 1 unspecified atom stereocenters. The normalized spacial score (nSPS) is 11.5. The molecular weight excluding hydrogens is 180 g/mol. The van der Waals surface area contributed by atoms with E-state index in [4.69, 9.17) is 0 Å². The summed E-state index contributed by atoms with van der Waals surface area (Å²) in [5.41, 5.74) is 2.83. The van der Waals surface area contributed by atoms with Crippen molar-refractivity contribution < 1.29 is 0 Å². The van der Waals surface area contributed by atoms with Crippen molar-refractivity contribution in [2.24, 2.45) is 5.92 Å². The van der Waals surface area contributed by atoms with Crippen LogP contribution in [0.4, 0.5) is 0 Å². The highest BCUT2D eigenvalue weighted by atomic mass is 14.0. The van der Waals surface area contributed by atoms with Gasteiger partial charge in [0.2, 0.25) is 0 Å². The fourth-order valence-electron chi connectivity index (χ4n) is 1.37. The number of hydrogen-bond donors (Lipinski definition) is 0. The van der Waals surface area contributed by atoms with E-state index >= 15 is 0 Å². The molecule has 0 radical (unpaired) electrons. The van der Waals surface area contributed by atoms with Crippen LogP contribution in [0.15, 0.2) is 24.3 Å². The van der Waals surface area contributed by atoms with E-state index in [1.54, 1.807) is 0 Å². The SMILES string of the molecule is CC.CCC(C)CCc1ccc(C)cc1. The van der Waals surface area contributed by atoms with Crippen LogP contribution >= 0.6 is 0 Å². The molecule has 0 saturated heterocycles. The zero-order valence-electron chi connectivity index (χ0n) is 11.0. The quantitative estimate of drug-likeness (QED) is 0.650. The Morgan fingerprint density at radius 1 is 1.07 bits per heavy atom. The van der Waals surface area contributed by atoms with Crippen molar-refractivity contribution in [1.29, 1.82) is 0 Å². The Morgan fingerprint density at radius 2 is 1.60 bits per heavy atom. The van der Waals surface area contributed by atoms with E-state index in [0.29, 0.717) is 0 Å². The molecule has 1 aromatic rings. The molecule has 0 spiro atoms. The molecule has 0 amide bonds. The highest BCUT2D eigenvalue weighted by Gasteiger charge is 1.99. The first kappa shape index (κ1) is 14.2. The van der Waals surface area contributed by atoms with Gasteiger partial charge in [-0.15, -0.1) is 0 Å². The minimum absolute atomic E-state index is 0.862. The molecule has 0 aliphatic heterocycles. The molecule has 1 rings (SSSR count). The minimum Gasteiger partial charge on any atom is -0.0683 e. The summed E-state index contributed by atoms with van der Waals surface area (Å²) >= 11 is 0. The molecule has 0 aliphatic rings. The van der Waals surface area contributed by atoms with Gasteiger partial charge < -0.3 is 0 Å². The Balaban J connectivity index is 0.000000921. The van der Waals surface area contributed by atoms with Gasteiger partial charge in [-0.2, -0.15) is 0 Å². The lowest BCUT2D eigenvalue weighted by atomic mass is 9.99. The van der Waals surface area contributed by atoms with Gasteiger partial charge >= 0.3 is 0 Å². The van der Waals surface area contributed by atoms with Crippen molar-refractivity contribution in [2.75, 3.05) is 0 Å². The summed E-state index contributed by atoms with van der Waals surface area (Å²) in [4.78, 5) is 0. The van der Waals surface area contributed by atoms with E-state index in [9.17, 15) is 0 Å². The summed E-state index contributed by atoms with van der Waals surface area (Å²) in [5, 5.41) is 0. The highest BCUT2D eigenvalue weighted by Crippen LogP contribution is 2.12. The summed E-state index contributed by atoms with van der Waals surface area (Å²) in [6, 6.07) is 8.90. The maximum Gasteiger partial charge on any atom is -0.0276 e. The Hall–Kier alpha value is -0.780. The van der Waals surface area contributed by atoms with Crippen LogP contribution in [0.5, 0.6) is 0 Å². The first-order valence-electron chi connectivity index (χ1n) is 6.28. The molecular formula is C15H26. The zero-order chi connectivity index (χ0) is 11.7. The van der Waals surface area contributed by atoms with Crippen molar-refractivity contribution in [3.05, 3.63) is 35.4 Å². The first-order valence-corrected chi connectivity index (χ1v) is 6.28. The maximum atomic E-state index is 2.33.